The Morgan fingerprint density at radius 3 is 2.33 bits per heavy atom. The van der Waals surface area contributed by atoms with Crippen molar-refractivity contribution in [3.63, 3.8) is 0 Å². The predicted molar refractivity (Wildman–Crippen MR) is 62.5 cm³/mol. The van der Waals surface area contributed by atoms with E-state index in [2.05, 4.69) is 0 Å². The molecule has 1 aliphatic carbocycles. The molecule has 1 aromatic rings. The zero-order chi connectivity index (χ0) is 10.7. The first-order valence-electron chi connectivity index (χ1n) is 5.39. The van der Waals surface area contributed by atoms with Gasteiger partial charge in [-0.1, -0.05) is 12.8 Å². The average molecular weight is 225 g/mol. The van der Waals surface area contributed by atoms with E-state index in [0.717, 1.165) is 11.4 Å². The third-order valence-electron chi connectivity index (χ3n) is 3.03. The van der Waals surface area contributed by atoms with E-state index in [1.165, 1.54) is 37.8 Å². The zero-order valence-electron chi connectivity index (χ0n) is 8.71. The van der Waals surface area contributed by atoms with Gasteiger partial charge in [-0.25, -0.2) is 4.39 Å². The number of thioether (sulfide) groups is 1. The largest absolute Gasteiger partial charge is 0.329 e. The molecule has 0 bridgehead atoms. The van der Waals surface area contributed by atoms with Crippen LogP contribution in [0.4, 0.5) is 4.39 Å². The lowest BCUT2D eigenvalue weighted by Gasteiger charge is -2.26. The summed E-state index contributed by atoms with van der Waals surface area (Å²) >= 11 is 1.82. The highest BCUT2D eigenvalue weighted by Gasteiger charge is 2.33. The summed E-state index contributed by atoms with van der Waals surface area (Å²) in [6, 6.07) is 6.72. The average Bonchev–Trinajstić information content (AvgIpc) is 2.71. The van der Waals surface area contributed by atoms with Crippen LogP contribution in [-0.4, -0.2) is 11.3 Å². The van der Waals surface area contributed by atoms with Gasteiger partial charge in [-0.3, -0.25) is 0 Å². The molecule has 2 N–H and O–H groups in total. The topological polar surface area (TPSA) is 26.0 Å². The fraction of sp³-hybridized carbons (Fsp3) is 0.500. The molecule has 1 fully saturated rings. The molecule has 0 spiro atoms. The van der Waals surface area contributed by atoms with Crippen LogP contribution in [0.5, 0.6) is 0 Å². The molecule has 1 saturated carbocycles. The third-order valence-corrected chi connectivity index (χ3v) is 4.55. The lowest BCUT2D eigenvalue weighted by Crippen LogP contribution is -2.30. The molecule has 15 heavy (non-hydrogen) atoms. The Balaban J connectivity index is 2.09. The van der Waals surface area contributed by atoms with E-state index in [-0.39, 0.29) is 10.6 Å². The Labute approximate surface area is 94.2 Å². The highest BCUT2D eigenvalue weighted by Crippen LogP contribution is 2.44. The molecule has 2 rings (SSSR count). The van der Waals surface area contributed by atoms with Crippen LogP contribution in [0, 0.1) is 5.82 Å². The number of rotatable bonds is 3. The number of halogens is 1. The van der Waals surface area contributed by atoms with E-state index in [1.807, 2.05) is 23.9 Å². The van der Waals surface area contributed by atoms with Crippen molar-refractivity contribution in [3.05, 3.63) is 30.1 Å². The summed E-state index contributed by atoms with van der Waals surface area (Å²) in [7, 11) is 0. The van der Waals surface area contributed by atoms with Crippen molar-refractivity contribution in [1.82, 2.24) is 0 Å². The zero-order valence-corrected chi connectivity index (χ0v) is 9.52. The lowest BCUT2D eigenvalue weighted by atomic mass is 10.1. The van der Waals surface area contributed by atoms with Gasteiger partial charge in [0.25, 0.3) is 0 Å². The van der Waals surface area contributed by atoms with Gasteiger partial charge in [-0.2, -0.15) is 0 Å². The number of hydrogen-bond acceptors (Lipinski definition) is 2. The molecule has 82 valence electrons. The van der Waals surface area contributed by atoms with Crippen molar-refractivity contribution in [2.75, 3.05) is 6.54 Å². The first-order chi connectivity index (χ1) is 7.24. The Morgan fingerprint density at radius 2 is 1.80 bits per heavy atom. The van der Waals surface area contributed by atoms with Crippen LogP contribution in [0.3, 0.4) is 0 Å². The van der Waals surface area contributed by atoms with Gasteiger partial charge in [-0.15, -0.1) is 11.8 Å². The van der Waals surface area contributed by atoms with E-state index < -0.39 is 0 Å². The minimum Gasteiger partial charge on any atom is -0.329 e. The predicted octanol–water partition coefficient (Wildman–Crippen LogP) is 3.19. The van der Waals surface area contributed by atoms with Crippen molar-refractivity contribution in [3.8, 4) is 0 Å². The standard InChI is InChI=1S/C12H16FNS/c13-10-3-5-11(6-4-10)15-12(9-14)7-1-2-8-12/h3-6H,1-2,7-9,14H2. The molecule has 0 amide bonds. The van der Waals surface area contributed by atoms with Crippen molar-refractivity contribution in [2.24, 2.45) is 5.73 Å². The van der Waals surface area contributed by atoms with Crippen LogP contribution < -0.4 is 5.73 Å². The van der Waals surface area contributed by atoms with Gasteiger partial charge in [0, 0.05) is 16.2 Å². The summed E-state index contributed by atoms with van der Waals surface area (Å²) in [5.74, 6) is -0.174. The molecule has 1 aromatic carbocycles. The molecular weight excluding hydrogens is 209 g/mol. The molecular formula is C12H16FNS. The van der Waals surface area contributed by atoms with Crippen LogP contribution in [0.1, 0.15) is 25.7 Å². The molecule has 0 heterocycles. The van der Waals surface area contributed by atoms with Crippen LogP contribution in [0.15, 0.2) is 29.2 Å². The summed E-state index contributed by atoms with van der Waals surface area (Å²) < 4.78 is 12.9. The number of nitrogens with two attached hydrogens (primary N) is 1. The molecule has 1 aliphatic rings. The second-order valence-electron chi connectivity index (χ2n) is 4.15. The lowest BCUT2D eigenvalue weighted by molar-refractivity contribution is 0.617. The maximum absolute atomic E-state index is 12.7. The quantitative estimate of drug-likeness (QED) is 0.855. The fourth-order valence-corrected chi connectivity index (χ4v) is 3.47. The Bertz CT molecular complexity index is 317. The maximum atomic E-state index is 12.7. The summed E-state index contributed by atoms with van der Waals surface area (Å²) in [5.41, 5.74) is 5.85. The summed E-state index contributed by atoms with van der Waals surface area (Å²) in [5, 5.41) is 0. The van der Waals surface area contributed by atoms with Crippen molar-refractivity contribution in [1.29, 1.82) is 0 Å². The molecule has 3 heteroatoms. The van der Waals surface area contributed by atoms with E-state index in [1.54, 1.807) is 0 Å². The number of benzene rings is 1. The fourth-order valence-electron chi connectivity index (χ4n) is 2.12. The van der Waals surface area contributed by atoms with Gasteiger partial charge in [0.05, 0.1) is 0 Å². The highest BCUT2D eigenvalue weighted by molar-refractivity contribution is 8.00. The van der Waals surface area contributed by atoms with E-state index in [4.69, 9.17) is 5.73 Å². The molecule has 0 saturated heterocycles. The van der Waals surface area contributed by atoms with Crippen LogP contribution >= 0.6 is 11.8 Å². The van der Waals surface area contributed by atoms with Crippen molar-refractivity contribution >= 4 is 11.8 Å². The molecule has 0 aliphatic heterocycles. The van der Waals surface area contributed by atoms with Gasteiger partial charge < -0.3 is 5.73 Å². The van der Waals surface area contributed by atoms with Crippen molar-refractivity contribution < 1.29 is 4.39 Å². The molecule has 0 atom stereocenters. The summed E-state index contributed by atoms with van der Waals surface area (Å²) in [4.78, 5) is 1.13. The third kappa shape index (κ3) is 2.52. The Morgan fingerprint density at radius 1 is 1.20 bits per heavy atom. The van der Waals surface area contributed by atoms with Crippen LogP contribution in [0.25, 0.3) is 0 Å². The van der Waals surface area contributed by atoms with E-state index in [0.29, 0.717) is 0 Å². The Hall–Kier alpha value is -0.540. The summed E-state index contributed by atoms with van der Waals surface area (Å²) in [6.45, 7) is 0.717. The normalized spacial score (nSPS) is 19.3. The second kappa shape index (κ2) is 4.54. The van der Waals surface area contributed by atoms with Gasteiger partial charge in [0.15, 0.2) is 0 Å². The molecule has 0 unspecified atom stereocenters. The highest BCUT2D eigenvalue weighted by atomic mass is 32.2. The van der Waals surface area contributed by atoms with Crippen LogP contribution in [0.2, 0.25) is 0 Å². The molecule has 1 nitrogen and oxygen atoms in total. The minimum absolute atomic E-state index is 0.174. The van der Waals surface area contributed by atoms with Crippen molar-refractivity contribution in [2.45, 2.75) is 35.3 Å². The van der Waals surface area contributed by atoms with Gasteiger partial charge in [0.1, 0.15) is 5.82 Å². The monoisotopic (exact) mass is 225 g/mol. The second-order valence-corrected chi connectivity index (χ2v) is 5.69. The smallest absolute Gasteiger partial charge is 0.123 e. The molecule has 0 radical (unpaired) electrons. The van der Waals surface area contributed by atoms with Gasteiger partial charge >= 0.3 is 0 Å². The van der Waals surface area contributed by atoms with E-state index >= 15 is 0 Å². The van der Waals surface area contributed by atoms with Gasteiger partial charge in [-0.05, 0) is 37.1 Å². The first kappa shape index (κ1) is 11.0. The summed E-state index contributed by atoms with van der Waals surface area (Å²) in [6.07, 6.45) is 4.91. The van der Waals surface area contributed by atoms with E-state index in [9.17, 15) is 4.39 Å². The molecule has 0 aromatic heterocycles. The number of hydrogen-bond donors (Lipinski definition) is 1. The SMILES string of the molecule is NCC1(Sc2ccc(F)cc2)CCCC1. The Kier molecular flexibility index (Phi) is 3.32. The van der Waals surface area contributed by atoms with Crippen LogP contribution in [-0.2, 0) is 0 Å². The van der Waals surface area contributed by atoms with Gasteiger partial charge in [0.2, 0.25) is 0 Å². The maximum Gasteiger partial charge on any atom is 0.123 e. The first-order valence-corrected chi connectivity index (χ1v) is 6.20. The minimum atomic E-state index is -0.174.